The van der Waals surface area contributed by atoms with E-state index in [4.69, 9.17) is 5.73 Å². The van der Waals surface area contributed by atoms with Crippen LogP contribution in [-0.4, -0.2) is 19.8 Å². The van der Waals surface area contributed by atoms with E-state index in [-0.39, 0.29) is 6.04 Å². The normalized spacial score (nSPS) is 18.8. The lowest BCUT2D eigenvalue weighted by Crippen LogP contribution is -2.24. The fourth-order valence-corrected chi connectivity index (χ4v) is 2.51. The van der Waals surface area contributed by atoms with Crippen LogP contribution in [0, 0.1) is 0 Å². The first-order valence-electron chi connectivity index (χ1n) is 5.61. The number of hydrogen-bond donors (Lipinski definition) is 1. The molecule has 2 heteroatoms. The molecule has 2 rings (SSSR count). The molecule has 1 aliphatic rings. The number of nitrogens with two attached hydrogens (primary N) is 1. The minimum atomic E-state index is -0.445. The van der Waals surface area contributed by atoms with E-state index in [1.165, 1.54) is 11.1 Å². The van der Waals surface area contributed by atoms with Crippen molar-refractivity contribution in [2.24, 2.45) is 5.73 Å². The summed E-state index contributed by atoms with van der Waals surface area (Å²) < 4.78 is 0. The SMILES string of the molecule is C[Si](C)=C=CC(N)C1C=Cc2ccccc21. The van der Waals surface area contributed by atoms with Crippen LogP contribution < -0.4 is 5.73 Å². The Morgan fingerprint density at radius 2 is 2.12 bits per heavy atom. The van der Waals surface area contributed by atoms with Gasteiger partial charge in [-0.25, -0.2) is 0 Å². The third-order valence-electron chi connectivity index (χ3n) is 2.82. The van der Waals surface area contributed by atoms with Crippen molar-refractivity contribution >= 4 is 19.8 Å². The van der Waals surface area contributed by atoms with Gasteiger partial charge in [0.25, 0.3) is 0 Å². The molecular formula is C14H17NSi. The molecule has 2 N–H and O–H groups in total. The summed E-state index contributed by atoms with van der Waals surface area (Å²) >= 11 is 0. The lowest BCUT2D eigenvalue weighted by molar-refractivity contribution is 0.734. The van der Waals surface area contributed by atoms with Gasteiger partial charge < -0.3 is 5.73 Å². The molecule has 0 amide bonds. The summed E-state index contributed by atoms with van der Waals surface area (Å²) in [6.07, 6.45) is 6.41. The molecule has 2 unspecified atom stereocenters. The van der Waals surface area contributed by atoms with Crippen LogP contribution in [0.5, 0.6) is 0 Å². The third kappa shape index (κ3) is 2.30. The average molecular weight is 227 g/mol. The summed E-state index contributed by atoms with van der Waals surface area (Å²) in [7, 11) is -0.445. The third-order valence-corrected chi connectivity index (χ3v) is 3.56. The van der Waals surface area contributed by atoms with Gasteiger partial charge in [-0.1, -0.05) is 36.4 Å². The van der Waals surface area contributed by atoms with Gasteiger partial charge in [-0.05, 0) is 30.3 Å². The molecule has 0 radical (unpaired) electrons. The summed E-state index contributed by atoms with van der Waals surface area (Å²) in [5, 5.41) is 3.37. The summed E-state index contributed by atoms with van der Waals surface area (Å²) in [5.74, 6) is 0.324. The summed E-state index contributed by atoms with van der Waals surface area (Å²) in [6.45, 7) is 4.43. The minimum absolute atomic E-state index is 0.0554. The molecule has 0 saturated carbocycles. The molecule has 0 aliphatic heterocycles. The maximum Gasteiger partial charge on any atom is 0.0592 e. The van der Waals surface area contributed by atoms with Gasteiger partial charge in [0.15, 0.2) is 0 Å². The highest BCUT2D eigenvalue weighted by atomic mass is 28.2. The number of fused-ring (bicyclic) bond motifs is 1. The Morgan fingerprint density at radius 3 is 2.88 bits per heavy atom. The maximum absolute atomic E-state index is 6.19. The van der Waals surface area contributed by atoms with E-state index in [0.29, 0.717) is 5.92 Å². The van der Waals surface area contributed by atoms with Crippen molar-refractivity contribution in [2.75, 3.05) is 0 Å². The summed E-state index contributed by atoms with van der Waals surface area (Å²) in [4.78, 5) is 0. The number of hydrogen-bond acceptors (Lipinski definition) is 1. The van der Waals surface area contributed by atoms with Crippen LogP contribution in [0.2, 0.25) is 13.1 Å². The van der Waals surface area contributed by atoms with Crippen molar-refractivity contribution in [3.63, 3.8) is 0 Å². The van der Waals surface area contributed by atoms with Crippen molar-refractivity contribution < 1.29 is 0 Å². The van der Waals surface area contributed by atoms with Crippen LogP contribution in [0.1, 0.15) is 17.0 Å². The largest absolute Gasteiger partial charge is 0.323 e. The van der Waals surface area contributed by atoms with Crippen LogP contribution >= 0.6 is 0 Å². The van der Waals surface area contributed by atoms with Gasteiger partial charge in [-0.3, -0.25) is 0 Å². The molecule has 1 aromatic rings. The fourth-order valence-electron chi connectivity index (χ4n) is 1.98. The highest BCUT2D eigenvalue weighted by Gasteiger charge is 2.20. The Bertz CT molecular complexity index is 477. The highest BCUT2D eigenvalue weighted by molar-refractivity contribution is 6.62. The van der Waals surface area contributed by atoms with E-state index >= 15 is 0 Å². The van der Waals surface area contributed by atoms with Crippen molar-refractivity contribution in [3.05, 3.63) is 47.5 Å². The van der Waals surface area contributed by atoms with Gasteiger partial charge in [-0.15, -0.1) is 0 Å². The van der Waals surface area contributed by atoms with Gasteiger partial charge in [0.05, 0.1) is 8.41 Å². The highest BCUT2D eigenvalue weighted by Crippen LogP contribution is 2.31. The zero-order valence-electron chi connectivity index (χ0n) is 9.77. The fraction of sp³-hybridized carbons (Fsp3) is 0.286. The van der Waals surface area contributed by atoms with Crippen molar-refractivity contribution in [2.45, 2.75) is 25.1 Å². The molecule has 0 fully saturated rings. The molecule has 2 atom stereocenters. The van der Waals surface area contributed by atoms with Crippen LogP contribution in [0.25, 0.3) is 6.08 Å². The predicted octanol–water partition coefficient (Wildman–Crippen LogP) is 2.42. The molecule has 0 aromatic heterocycles. The quantitative estimate of drug-likeness (QED) is 0.772. The predicted molar refractivity (Wildman–Crippen MR) is 73.3 cm³/mol. The smallest absolute Gasteiger partial charge is 0.0592 e. The Kier molecular flexibility index (Phi) is 3.35. The first-order valence-corrected chi connectivity index (χ1v) is 8.11. The van der Waals surface area contributed by atoms with Crippen molar-refractivity contribution in [3.8, 4) is 0 Å². The second kappa shape index (κ2) is 4.75. The van der Waals surface area contributed by atoms with E-state index in [9.17, 15) is 0 Å². The minimum Gasteiger partial charge on any atom is -0.323 e. The lowest BCUT2D eigenvalue weighted by Gasteiger charge is -2.15. The molecule has 82 valence electrons. The molecule has 1 aromatic carbocycles. The monoisotopic (exact) mass is 227 g/mol. The number of benzene rings is 1. The van der Waals surface area contributed by atoms with Gasteiger partial charge in [0.1, 0.15) is 0 Å². The Labute approximate surface area is 98.5 Å². The van der Waals surface area contributed by atoms with Gasteiger partial charge in [0.2, 0.25) is 0 Å². The van der Waals surface area contributed by atoms with Crippen molar-refractivity contribution in [1.29, 1.82) is 0 Å². The van der Waals surface area contributed by atoms with E-state index < -0.39 is 8.41 Å². The standard InChI is InChI=1S/C14H17NSi/c1-16(2)10-9-14(15)13-8-7-11-5-3-4-6-12(11)13/h3-9,13-14H,15H2,1-2H3. The lowest BCUT2D eigenvalue weighted by atomic mass is 9.94. The van der Waals surface area contributed by atoms with Crippen LogP contribution in [0.3, 0.4) is 0 Å². The van der Waals surface area contributed by atoms with E-state index in [1.807, 2.05) is 6.08 Å². The van der Waals surface area contributed by atoms with Gasteiger partial charge >= 0.3 is 0 Å². The van der Waals surface area contributed by atoms with Crippen molar-refractivity contribution in [1.82, 2.24) is 0 Å². The first kappa shape index (κ1) is 11.3. The van der Waals surface area contributed by atoms with Gasteiger partial charge in [-0.2, -0.15) is 5.33 Å². The first-order chi connectivity index (χ1) is 7.68. The van der Waals surface area contributed by atoms with Crippen LogP contribution in [-0.2, 0) is 0 Å². The van der Waals surface area contributed by atoms with E-state index in [2.05, 4.69) is 54.8 Å². The number of rotatable bonds is 2. The zero-order chi connectivity index (χ0) is 11.5. The maximum atomic E-state index is 6.19. The van der Waals surface area contributed by atoms with Crippen LogP contribution in [0.4, 0.5) is 0 Å². The zero-order valence-corrected chi connectivity index (χ0v) is 10.8. The Hall–Kier alpha value is -1.21. The molecular weight excluding hydrogens is 210 g/mol. The van der Waals surface area contributed by atoms with E-state index in [1.54, 1.807) is 0 Å². The topological polar surface area (TPSA) is 26.0 Å². The van der Waals surface area contributed by atoms with Crippen LogP contribution in [0.15, 0.2) is 36.4 Å². The second-order valence-electron chi connectivity index (χ2n) is 4.40. The molecule has 1 nitrogen and oxygen atoms in total. The van der Waals surface area contributed by atoms with Gasteiger partial charge in [0, 0.05) is 12.0 Å². The second-order valence-corrected chi connectivity index (χ2v) is 6.69. The summed E-state index contributed by atoms with van der Waals surface area (Å²) in [6, 6.07) is 8.50. The Balaban J connectivity index is 2.26. The molecule has 0 heterocycles. The average Bonchev–Trinajstić information content (AvgIpc) is 2.69. The summed E-state index contributed by atoms with van der Waals surface area (Å²) in [5.41, 5.74) is 8.83. The molecule has 0 spiro atoms. The molecule has 16 heavy (non-hydrogen) atoms. The molecule has 0 saturated heterocycles. The Morgan fingerprint density at radius 1 is 1.38 bits per heavy atom. The molecule has 1 aliphatic carbocycles. The molecule has 0 bridgehead atoms. The van der Waals surface area contributed by atoms with E-state index in [0.717, 1.165) is 0 Å².